The number of carbonyl (C=O) groups is 1. The molecule has 2 saturated heterocycles. The first-order valence-corrected chi connectivity index (χ1v) is 12.8. The number of nitrogens with zero attached hydrogens (tertiary/aromatic N) is 3. The van der Waals surface area contributed by atoms with Crippen molar-refractivity contribution in [1.29, 1.82) is 0 Å². The molecule has 0 aliphatic carbocycles. The Balaban J connectivity index is 1.50. The van der Waals surface area contributed by atoms with E-state index in [4.69, 9.17) is 26.1 Å². The Kier molecular flexibility index (Phi) is 8.17. The maximum Gasteiger partial charge on any atom is 0.223 e. The van der Waals surface area contributed by atoms with Gasteiger partial charge >= 0.3 is 0 Å². The van der Waals surface area contributed by atoms with E-state index in [0.717, 1.165) is 72.4 Å². The number of imidazole rings is 1. The van der Waals surface area contributed by atoms with E-state index in [1.165, 1.54) is 0 Å². The number of benzene rings is 1. The molecular formula is C26H37ClN4O3. The monoisotopic (exact) mass is 488 g/mol. The first-order chi connectivity index (χ1) is 16.4. The van der Waals surface area contributed by atoms with Crippen LogP contribution in [-0.2, 0) is 22.5 Å². The van der Waals surface area contributed by atoms with Crippen molar-refractivity contribution in [3.8, 4) is 5.75 Å². The molecule has 7 nitrogen and oxygen atoms in total. The molecule has 3 heterocycles. The fraction of sp³-hybridized carbons (Fsp3) is 0.615. The van der Waals surface area contributed by atoms with E-state index in [-0.39, 0.29) is 11.3 Å². The number of hydrogen-bond acceptors (Lipinski definition) is 5. The molecule has 0 bridgehead atoms. The molecule has 2 aliphatic heterocycles. The summed E-state index contributed by atoms with van der Waals surface area (Å²) in [6.45, 7) is 11.8. The standard InChI is InChI=1S/C26H37ClN4O3/c1-4-24-28-20(3)23(29-24)16-30-9-5-8-26(17-30,15-25(32)31-10-12-33-13-11-31)18-34-21-6-7-22(27)19(2)14-21/h6-7,14H,4-5,8-13,15-18H2,1-3H3,(H,28,29)/t26-/m1/s1. The van der Waals surface area contributed by atoms with E-state index in [1.54, 1.807) is 0 Å². The van der Waals surface area contributed by atoms with Gasteiger partial charge in [0.25, 0.3) is 0 Å². The molecular weight excluding hydrogens is 452 g/mol. The molecule has 0 radical (unpaired) electrons. The van der Waals surface area contributed by atoms with E-state index >= 15 is 0 Å². The molecule has 1 atom stereocenters. The van der Waals surface area contributed by atoms with Crippen LogP contribution >= 0.6 is 11.6 Å². The van der Waals surface area contributed by atoms with Crippen LogP contribution in [0.5, 0.6) is 5.75 Å². The van der Waals surface area contributed by atoms with Gasteiger partial charge in [-0.15, -0.1) is 0 Å². The molecule has 2 fully saturated rings. The Labute approximate surface area is 207 Å². The second kappa shape index (κ2) is 11.1. The molecule has 186 valence electrons. The second-order valence-corrected chi connectivity index (χ2v) is 10.2. The van der Waals surface area contributed by atoms with Crippen LogP contribution in [0.3, 0.4) is 0 Å². The molecule has 1 aromatic carbocycles. The topological polar surface area (TPSA) is 70.7 Å². The van der Waals surface area contributed by atoms with Gasteiger partial charge in [0.1, 0.15) is 11.6 Å². The van der Waals surface area contributed by atoms with Crippen LogP contribution in [0.2, 0.25) is 5.02 Å². The summed E-state index contributed by atoms with van der Waals surface area (Å²) in [4.78, 5) is 25.9. The van der Waals surface area contributed by atoms with E-state index < -0.39 is 0 Å². The van der Waals surface area contributed by atoms with Gasteiger partial charge in [0, 0.05) is 55.2 Å². The summed E-state index contributed by atoms with van der Waals surface area (Å²) in [7, 11) is 0. The quantitative estimate of drug-likeness (QED) is 0.604. The number of hydrogen-bond donors (Lipinski definition) is 1. The molecule has 8 heteroatoms. The van der Waals surface area contributed by atoms with Crippen LogP contribution in [-0.4, -0.2) is 71.7 Å². The number of H-pyrrole nitrogens is 1. The van der Waals surface area contributed by atoms with E-state index in [1.807, 2.05) is 30.0 Å². The van der Waals surface area contributed by atoms with Crippen molar-refractivity contribution in [1.82, 2.24) is 19.8 Å². The lowest BCUT2D eigenvalue weighted by Crippen LogP contribution is -2.50. The lowest BCUT2D eigenvalue weighted by atomic mass is 9.77. The molecule has 2 aliphatic rings. The van der Waals surface area contributed by atoms with Crippen LogP contribution < -0.4 is 4.74 Å². The number of aromatic nitrogens is 2. The highest BCUT2D eigenvalue weighted by Gasteiger charge is 2.40. The Hall–Kier alpha value is -2.09. The predicted molar refractivity (Wildman–Crippen MR) is 133 cm³/mol. The number of likely N-dealkylation sites (tertiary alicyclic amines) is 1. The van der Waals surface area contributed by atoms with Gasteiger partial charge in [0.2, 0.25) is 5.91 Å². The van der Waals surface area contributed by atoms with Gasteiger partial charge in [0.15, 0.2) is 0 Å². The van der Waals surface area contributed by atoms with Gasteiger partial charge in [-0.25, -0.2) is 4.98 Å². The lowest BCUT2D eigenvalue weighted by molar-refractivity contribution is -0.139. The van der Waals surface area contributed by atoms with Crippen LogP contribution in [0.15, 0.2) is 18.2 Å². The number of rotatable bonds is 8. The van der Waals surface area contributed by atoms with Crippen molar-refractivity contribution < 1.29 is 14.3 Å². The average Bonchev–Trinajstić information content (AvgIpc) is 3.20. The minimum absolute atomic E-state index is 0.199. The number of carbonyl (C=O) groups excluding carboxylic acids is 1. The summed E-state index contributed by atoms with van der Waals surface area (Å²) in [6, 6.07) is 5.75. The zero-order valence-electron chi connectivity index (χ0n) is 20.7. The molecule has 4 rings (SSSR count). The molecule has 0 spiro atoms. The molecule has 2 aromatic rings. The highest BCUT2D eigenvalue weighted by Crippen LogP contribution is 2.36. The van der Waals surface area contributed by atoms with Gasteiger partial charge in [-0.2, -0.15) is 0 Å². The first kappa shape index (κ1) is 25.0. The minimum Gasteiger partial charge on any atom is -0.493 e. The number of aromatic amines is 1. The second-order valence-electron chi connectivity index (χ2n) is 9.79. The zero-order chi connectivity index (χ0) is 24.1. The Bertz CT molecular complexity index is 988. The molecule has 0 unspecified atom stereocenters. The van der Waals surface area contributed by atoms with Crippen molar-refractivity contribution in [2.45, 2.75) is 53.0 Å². The summed E-state index contributed by atoms with van der Waals surface area (Å²) in [5, 5.41) is 0.731. The fourth-order valence-corrected chi connectivity index (χ4v) is 5.16. The van der Waals surface area contributed by atoms with Crippen LogP contribution in [0.1, 0.15) is 49.0 Å². The van der Waals surface area contributed by atoms with Crippen LogP contribution in [0.25, 0.3) is 0 Å². The SMILES string of the molecule is CCc1nc(CN2CCC[C@@](COc3ccc(Cl)c(C)c3)(CC(=O)N3CCOCC3)C2)c(C)[nH]1. The van der Waals surface area contributed by atoms with Gasteiger partial charge in [-0.05, 0) is 57.0 Å². The van der Waals surface area contributed by atoms with Crippen LogP contribution in [0, 0.1) is 19.3 Å². The third-order valence-electron chi connectivity index (χ3n) is 7.05. The molecule has 34 heavy (non-hydrogen) atoms. The molecule has 0 saturated carbocycles. The summed E-state index contributed by atoms with van der Waals surface area (Å²) >= 11 is 6.20. The fourth-order valence-electron chi connectivity index (χ4n) is 5.04. The number of nitrogens with one attached hydrogen (secondary N) is 1. The van der Waals surface area contributed by atoms with Gasteiger partial charge in [-0.1, -0.05) is 18.5 Å². The van der Waals surface area contributed by atoms with E-state index in [9.17, 15) is 4.79 Å². The predicted octanol–water partition coefficient (Wildman–Crippen LogP) is 4.15. The maximum atomic E-state index is 13.3. The number of piperidine rings is 1. The number of aryl methyl sites for hydroxylation is 3. The minimum atomic E-state index is -0.251. The third-order valence-corrected chi connectivity index (χ3v) is 7.47. The van der Waals surface area contributed by atoms with Crippen molar-refractivity contribution in [2.24, 2.45) is 5.41 Å². The Morgan fingerprint density at radius 2 is 2.06 bits per heavy atom. The van der Waals surface area contributed by atoms with Gasteiger partial charge < -0.3 is 19.4 Å². The Morgan fingerprint density at radius 1 is 1.26 bits per heavy atom. The van der Waals surface area contributed by atoms with Crippen LogP contribution in [0.4, 0.5) is 0 Å². The van der Waals surface area contributed by atoms with Crippen molar-refractivity contribution in [3.05, 3.63) is 46.0 Å². The largest absolute Gasteiger partial charge is 0.493 e. The van der Waals surface area contributed by atoms with Crippen molar-refractivity contribution in [3.63, 3.8) is 0 Å². The third kappa shape index (κ3) is 6.12. The van der Waals surface area contributed by atoms with Gasteiger partial charge in [-0.3, -0.25) is 9.69 Å². The molecule has 1 amide bonds. The van der Waals surface area contributed by atoms with E-state index in [0.29, 0.717) is 39.3 Å². The van der Waals surface area contributed by atoms with Gasteiger partial charge in [0.05, 0.1) is 25.5 Å². The van der Waals surface area contributed by atoms with Crippen molar-refractivity contribution in [2.75, 3.05) is 46.0 Å². The van der Waals surface area contributed by atoms with Crippen molar-refractivity contribution >= 4 is 17.5 Å². The summed E-state index contributed by atoms with van der Waals surface area (Å²) in [5.74, 6) is 2.03. The highest BCUT2D eigenvalue weighted by molar-refractivity contribution is 6.31. The summed E-state index contributed by atoms with van der Waals surface area (Å²) < 4.78 is 11.8. The molecule has 1 N–H and O–H groups in total. The average molecular weight is 489 g/mol. The number of morpholine rings is 1. The highest BCUT2D eigenvalue weighted by atomic mass is 35.5. The number of ether oxygens (including phenoxy) is 2. The smallest absolute Gasteiger partial charge is 0.223 e. The zero-order valence-corrected chi connectivity index (χ0v) is 21.4. The first-order valence-electron chi connectivity index (χ1n) is 12.4. The number of amides is 1. The Morgan fingerprint density at radius 3 is 2.76 bits per heavy atom. The summed E-state index contributed by atoms with van der Waals surface area (Å²) in [5.41, 5.74) is 2.97. The maximum absolute atomic E-state index is 13.3. The number of halogens is 1. The lowest BCUT2D eigenvalue weighted by Gasteiger charge is -2.43. The summed E-state index contributed by atoms with van der Waals surface area (Å²) in [6.07, 6.45) is 3.37. The molecule has 1 aromatic heterocycles. The van der Waals surface area contributed by atoms with E-state index in [2.05, 4.69) is 23.7 Å². The normalized spacial score (nSPS) is 21.6.